The smallest absolute Gasteiger partial charge is 0.261 e. The molecule has 0 aliphatic heterocycles. The van der Waals surface area contributed by atoms with Crippen LogP contribution < -0.4 is 10.1 Å². The van der Waals surface area contributed by atoms with Crippen molar-refractivity contribution in [2.24, 2.45) is 5.92 Å². The Labute approximate surface area is 173 Å². The third-order valence-corrected chi connectivity index (χ3v) is 5.97. The number of nitrogens with zero attached hydrogens (tertiary/aromatic N) is 5. The molecule has 0 atom stereocenters. The van der Waals surface area contributed by atoms with Crippen molar-refractivity contribution >= 4 is 28.1 Å². The fourth-order valence-electron chi connectivity index (χ4n) is 4.21. The molecule has 3 heterocycles. The number of methoxy groups -OCH3 is 1. The number of hydrogen-bond acceptors (Lipinski definition) is 5. The molecule has 1 aromatic carbocycles. The summed E-state index contributed by atoms with van der Waals surface area (Å²) in [6.07, 6.45) is 11.8. The largest absolute Gasteiger partial charge is 0.494 e. The number of carbonyl (C=O) groups is 1. The first-order chi connectivity index (χ1) is 14.6. The molecule has 8 nitrogen and oxygen atoms in total. The van der Waals surface area contributed by atoms with Crippen LogP contribution in [0.1, 0.15) is 49.0 Å². The number of benzene rings is 1. The SMILES string of the molecule is COc1cc2nn(C3CCC(C)CC3)cc2cc1NC(=O)c1cnn2cccnc12. The molecule has 30 heavy (non-hydrogen) atoms. The Morgan fingerprint density at radius 3 is 2.87 bits per heavy atom. The van der Waals surface area contributed by atoms with Gasteiger partial charge >= 0.3 is 0 Å². The van der Waals surface area contributed by atoms with Crippen LogP contribution in [-0.4, -0.2) is 37.4 Å². The lowest BCUT2D eigenvalue weighted by atomic mass is 9.87. The lowest BCUT2D eigenvalue weighted by Gasteiger charge is -2.26. The molecule has 0 spiro atoms. The van der Waals surface area contributed by atoms with Gasteiger partial charge in [0.15, 0.2) is 5.65 Å². The molecule has 1 amide bonds. The second-order valence-electron chi connectivity index (χ2n) is 8.03. The lowest BCUT2D eigenvalue weighted by molar-refractivity contribution is 0.102. The molecule has 1 aliphatic carbocycles. The third kappa shape index (κ3) is 3.28. The molecule has 1 fully saturated rings. The maximum Gasteiger partial charge on any atom is 0.261 e. The molecule has 4 aromatic rings. The summed E-state index contributed by atoms with van der Waals surface area (Å²) < 4.78 is 9.18. The van der Waals surface area contributed by atoms with Crippen LogP contribution in [-0.2, 0) is 0 Å². The molecule has 8 heteroatoms. The van der Waals surface area contributed by atoms with Crippen molar-refractivity contribution in [3.8, 4) is 5.75 Å². The van der Waals surface area contributed by atoms with Gasteiger partial charge in [0.2, 0.25) is 0 Å². The van der Waals surface area contributed by atoms with Gasteiger partial charge in [-0.2, -0.15) is 10.2 Å². The standard InChI is InChI=1S/C22H24N6O2/c1-14-4-6-16(7-5-14)28-13-15-10-19(20(30-2)11-18(15)26-28)25-22(29)17-12-24-27-9-3-8-23-21(17)27/h3,8-14,16H,4-7H2,1-2H3,(H,25,29). The fraction of sp³-hybridized carbons (Fsp3) is 0.364. The average Bonchev–Trinajstić information content (AvgIpc) is 3.37. The summed E-state index contributed by atoms with van der Waals surface area (Å²) in [5.74, 6) is 1.08. The Kier molecular flexibility index (Phi) is 4.61. The van der Waals surface area contributed by atoms with Gasteiger partial charge in [-0.15, -0.1) is 0 Å². The minimum Gasteiger partial charge on any atom is -0.494 e. The van der Waals surface area contributed by atoms with E-state index < -0.39 is 0 Å². The number of nitrogens with one attached hydrogen (secondary N) is 1. The van der Waals surface area contributed by atoms with Gasteiger partial charge in [-0.05, 0) is 43.7 Å². The molecule has 0 saturated heterocycles. The summed E-state index contributed by atoms with van der Waals surface area (Å²) in [5.41, 5.74) is 2.38. The van der Waals surface area contributed by atoms with Crippen LogP contribution in [0.4, 0.5) is 5.69 Å². The van der Waals surface area contributed by atoms with E-state index in [2.05, 4.69) is 33.2 Å². The highest BCUT2D eigenvalue weighted by molar-refractivity contribution is 6.09. The predicted octanol–water partition coefficient (Wildman–Crippen LogP) is 4.09. The lowest BCUT2D eigenvalue weighted by Crippen LogP contribution is -2.16. The monoisotopic (exact) mass is 404 g/mol. The van der Waals surface area contributed by atoms with E-state index in [-0.39, 0.29) is 5.91 Å². The first-order valence-corrected chi connectivity index (χ1v) is 10.3. The summed E-state index contributed by atoms with van der Waals surface area (Å²) in [7, 11) is 1.59. The van der Waals surface area contributed by atoms with E-state index in [1.807, 2.05) is 12.1 Å². The number of anilines is 1. The minimum absolute atomic E-state index is 0.282. The zero-order valence-electron chi connectivity index (χ0n) is 17.1. The van der Waals surface area contributed by atoms with Crippen LogP contribution >= 0.6 is 0 Å². The van der Waals surface area contributed by atoms with Crippen molar-refractivity contribution in [2.45, 2.75) is 38.6 Å². The molecule has 3 aromatic heterocycles. The molecular weight excluding hydrogens is 380 g/mol. The van der Waals surface area contributed by atoms with Gasteiger partial charge in [0, 0.05) is 30.0 Å². The van der Waals surface area contributed by atoms with Crippen molar-refractivity contribution < 1.29 is 9.53 Å². The van der Waals surface area contributed by atoms with Crippen LogP contribution in [0.3, 0.4) is 0 Å². The zero-order chi connectivity index (χ0) is 20.7. The van der Waals surface area contributed by atoms with E-state index in [0.29, 0.717) is 28.7 Å². The molecule has 1 saturated carbocycles. The molecule has 154 valence electrons. The highest BCUT2D eigenvalue weighted by Crippen LogP contribution is 2.35. The number of hydrogen-bond donors (Lipinski definition) is 1. The molecule has 5 rings (SSSR count). The molecular formula is C22H24N6O2. The second kappa shape index (κ2) is 7.44. The highest BCUT2D eigenvalue weighted by atomic mass is 16.5. The molecule has 0 radical (unpaired) electrons. The first kappa shape index (κ1) is 18.6. The summed E-state index contributed by atoms with van der Waals surface area (Å²) in [6, 6.07) is 5.99. The van der Waals surface area contributed by atoms with Gasteiger partial charge in [-0.1, -0.05) is 6.92 Å². The van der Waals surface area contributed by atoms with E-state index in [0.717, 1.165) is 29.7 Å². The Morgan fingerprint density at radius 2 is 2.07 bits per heavy atom. The Balaban J connectivity index is 1.45. The van der Waals surface area contributed by atoms with Gasteiger partial charge in [0.25, 0.3) is 5.91 Å². The van der Waals surface area contributed by atoms with Crippen molar-refractivity contribution in [1.29, 1.82) is 0 Å². The molecule has 0 unspecified atom stereocenters. The fourth-order valence-corrected chi connectivity index (χ4v) is 4.21. The Bertz CT molecular complexity index is 1220. The Hall–Kier alpha value is -3.42. The van der Waals surface area contributed by atoms with Crippen LogP contribution in [0.5, 0.6) is 5.75 Å². The number of aromatic nitrogens is 5. The first-order valence-electron chi connectivity index (χ1n) is 10.3. The number of carbonyl (C=O) groups excluding carboxylic acids is 1. The van der Waals surface area contributed by atoms with E-state index in [9.17, 15) is 4.79 Å². The maximum absolute atomic E-state index is 12.9. The summed E-state index contributed by atoms with van der Waals surface area (Å²) in [6.45, 7) is 2.31. The quantitative estimate of drug-likeness (QED) is 0.554. The summed E-state index contributed by atoms with van der Waals surface area (Å²) in [5, 5.41) is 12.9. The number of amides is 1. The maximum atomic E-state index is 12.9. The van der Waals surface area contributed by atoms with Crippen LogP contribution in [0.15, 0.2) is 43.0 Å². The van der Waals surface area contributed by atoms with Crippen molar-refractivity contribution in [2.75, 3.05) is 12.4 Å². The van der Waals surface area contributed by atoms with Crippen LogP contribution in [0.25, 0.3) is 16.6 Å². The van der Waals surface area contributed by atoms with E-state index in [4.69, 9.17) is 9.84 Å². The van der Waals surface area contributed by atoms with Gasteiger partial charge in [0.05, 0.1) is 30.6 Å². The van der Waals surface area contributed by atoms with Crippen molar-refractivity contribution in [3.05, 3.63) is 48.5 Å². The van der Waals surface area contributed by atoms with Crippen LogP contribution in [0, 0.1) is 5.92 Å². The van der Waals surface area contributed by atoms with Crippen molar-refractivity contribution in [3.63, 3.8) is 0 Å². The van der Waals surface area contributed by atoms with Gasteiger partial charge < -0.3 is 10.1 Å². The van der Waals surface area contributed by atoms with E-state index >= 15 is 0 Å². The number of ether oxygens (including phenoxy) is 1. The second-order valence-corrected chi connectivity index (χ2v) is 8.03. The zero-order valence-corrected chi connectivity index (χ0v) is 17.1. The predicted molar refractivity (Wildman–Crippen MR) is 114 cm³/mol. The Morgan fingerprint density at radius 1 is 1.23 bits per heavy atom. The molecule has 0 bridgehead atoms. The van der Waals surface area contributed by atoms with Gasteiger partial charge in [0.1, 0.15) is 11.3 Å². The van der Waals surface area contributed by atoms with Gasteiger partial charge in [-0.3, -0.25) is 9.48 Å². The topological polar surface area (TPSA) is 86.3 Å². The third-order valence-electron chi connectivity index (χ3n) is 5.97. The average molecular weight is 404 g/mol. The normalized spacial score (nSPS) is 19.3. The van der Waals surface area contributed by atoms with Crippen LogP contribution in [0.2, 0.25) is 0 Å². The highest BCUT2D eigenvalue weighted by Gasteiger charge is 2.22. The summed E-state index contributed by atoms with van der Waals surface area (Å²) in [4.78, 5) is 17.1. The number of fused-ring (bicyclic) bond motifs is 2. The molecule has 1 N–H and O–H groups in total. The van der Waals surface area contributed by atoms with Gasteiger partial charge in [-0.25, -0.2) is 9.50 Å². The van der Waals surface area contributed by atoms with E-state index in [1.165, 1.54) is 19.0 Å². The minimum atomic E-state index is -0.282. The summed E-state index contributed by atoms with van der Waals surface area (Å²) >= 11 is 0. The molecule has 1 aliphatic rings. The van der Waals surface area contributed by atoms with Crippen molar-refractivity contribution in [1.82, 2.24) is 24.4 Å². The number of rotatable bonds is 4. The van der Waals surface area contributed by atoms with E-state index in [1.54, 1.807) is 30.1 Å².